The summed E-state index contributed by atoms with van der Waals surface area (Å²) in [6.45, 7) is 0. The van der Waals surface area contributed by atoms with E-state index in [1.807, 2.05) is 0 Å². The van der Waals surface area contributed by atoms with Gasteiger partial charge in [-0.1, -0.05) is 23.2 Å². The zero-order valence-corrected chi connectivity index (χ0v) is 9.39. The molecule has 1 aromatic carbocycles. The van der Waals surface area contributed by atoms with Crippen LogP contribution in [0.5, 0.6) is 0 Å². The molecule has 0 atom stereocenters. The third-order valence-corrected chi connectivity index (χ3v) is 2.54. The molecule has 16 heavy (non-hydrogen) atoms. The molecule has 0 radical (unpaired) electrons. The third kappa shape index (κ3) is 2.18. The maximum atomic E-state index is 11.1. The Labute approximate surface area is 99.9 Å². The molecule has 2 aromatic rings. The number of aromatic amines is 2. The van der Waals surface area contributed by atoms with E-state index in [1.54, 1.807) is 18.2 Å². The molecule has 2 rings (SSSR count). The van der Waals surface area contributed by atoms with Gasteiger partial charge in [0.25, 0.3) is 5.56 Å². The number of hydrogen-bond acceptors (Lipinski definition) is 2. The van der Waals surface area contributed by atoms with Crippen LogP contribution in [0.1, 0.15) is 0 Å². The molecule has 4 nitrogen and oxygen atoms in total. The minimum absolute atomic E-state index is 0.334. The lowest BCUT2D eigenvalue weighted by atomic mass is 10.1. The minimum atomic E-state index is -0.585. The summed E-state index contributed by atoms with van der Waals surface area (Å²) >= 11 is 11.8. The van der Waals surface area contributed by atoms with Crippen LogP contribution in [0.2, 0.25) is 10.0 Å². The second kappa shape index (κ2) is 4.15. The Hall–Kier alpha value is -1.52. The van der Waals surface area contributed by atoms with Crippen LogP contribution in [-0.2, 0) is 0 Å². The average molecular weight is 257 g/mol. The van der Waals surface area contributed by atoms with Gasteiger partial charge in [0, 0.05) is 21.7 Å². The van der Waals surface area contributed by atoms with E-state index in [1.165, 1.54) is 6.07 Å². The lowest BCUT2D eigenvalue weighted by molar-refractivity contribution is 1.04. The third-order valence-electron chi connectivity index (χ3n) is 1.98. The van der Waals surface area contributed by atoms with E-state index in [2.05, 4.69) is 9.97 Å². The summed E-state index contributed by atoms with van der Waals surface area (Å²) in [6, 6.07) is 6.05. The second-order valence-corrected chi connectivity index (χ2v) is 3.97. The SMILES string of the molecule is O=c1cc(-c2cc(Cl)ccc2Cl)[nH]c(=O)[nH]1. The van der Waals surface area contributed by atoms with Crippen LogP contribution >= 0.6 is 23.2 Å². The lowest BCUT2D eigenvalue weighted by Crippen LogP contribution is -2.21. The second-order valence-electron chi connectivity index (χ2n) is 3.13. The topological polar surface area (TPSA) is 65.7 Å². The van der Waals surface area contributed by atoms with Gasteiger partial charge in [0.1, 0.15) is 0 Å². The first kappa shape index (κ1) is 11.0. The quantitative estimate of drug-likeness (QED) is 0.820. The van der Waals surface area contributed by atoms with Gasteiger partial charge in [-0.2, -0.15) is 0 Å². The fourth-order valence-corrected chi connectivity index (χ4v) is 1.71. The van der Waals surface area contributed by atoms with Crippen molar-refractivity contribution in [1.29, 1.82) is 0 Å². The predicted molar refractivity (Wildman–Crippen MR) is 63.1 cm³/mol. The van der Waals surface area contributed by atoms with Crippen LogP contribution in [0.25, 0.3) is 11.3 Å². The van der Waals surface area contributed by atoms with E-state index in [4.69, 9.17) is 23.2 Å². The standard InChI is InChI=1S/C10H6Cl2N2O2/c11-5-1-2-7(12)6(3-5)8-4-9(15)14-10(16)13-8/h1-4H,(H2,13,14,15,16). The van der Waals surface area contributed by atoms with Crippen molar-refractivity contribution in [2.45, 2.75) is 0 Å². The summed E-state index contributed by atoms with van der Waals surface area (Å²) < 4.78 is 0. The van der Waals surface area contributed by atoms with Gasteiger partial charge in [-0.15, -0.1) is 0 Å². The van der Waals surface area contributed by atoms with Gasteiger partial charge < -0.3 is 4.98 Å². The highest BCUT2D eigenvalue weighted by Crippen LogP contribution is 2.27. The van der Waals surface area contributed by atoms with Crippen LogP contribution in [0, 0.1) is 0 Å². The van der Waals surface area contributed by atoms with Crippen LogP contribution in [0.15, 0.2) is 33.9 Å². The first-order chi connectivity index (χ1) is 7.56. The molecule has 6 heteroatoms. The maximum absolute atomic E-state index is 11.1. The summed E-state index contributed by atoms with van der Waals surface area (Å²) in [5.41, 5.74) is -0.230. The van der Waals surface area contributed by atoms with Crippen molar-refractivity contribution < 1.29 is 0 Å². The van der Waals surface area contributed by atoms with E-state index in [-0.39, 0.29) is 0 Å². The van der Waals surface area contributed by atoms with Gasteiger partial charge in [0.15, 0.2) is 0 Å². The first-order valence-electron chi connectivity index (χ1n) is 4.35. The lowest BCUT2D eigenvalue weighted by Gasteiger charge is -2.03. The number of benzene rings is 1. The van der Waals surface area contributed by atoms with Gasteiger partial charge in [-0.05, 0) is 18.2 Å². The van der Waals surface area contributed by atoms with Gasteiger partial charge in [0.05, 0.1) is 5.69 Å². The Morgan fingerprint density at radius 3 is 2.44 bits per heavy atom. The van der Waals surface area contributed by atoms with Crippen molar-refractivity contribution in [1.82, 2.24) is 9.97 Å². The molecule has 0 unspecified atom stereocenters. The molecule has 0 saturated carbocycles. The molecular formula is C10H6Cl2N2O2. The summed E-state index contributed by atoms with van der Waals surface area (Å²) in [4.78, 5) is 26.8. The molecule has 0 aliphatic rings. The number of H-pyrrole nitrogens is 2. The van der Waals surface area contributed by atoms with Crippen molar-refractivity contribution in [3.05, 3.63) is 55.1 Å². The van der Waals surface area contributed by atoms with Gasteiger partial charge in [0.2, 0.25) is 0 Å². The number of rotatable bonds is 1. The van der Waals surface area contributed by atoms with Crippen LogP contribution in [0.3, 0.4) is 0 Å². The molecular weight excluding hydrogens is 251 g/mol. The van der Waals surface area contributed by atoms with Crippen LogP contribution in [-0.4, -0.2) is 9.97 Å². The molecule has 0 aliphatic carbocycles. The van der Waals surface area contributed by atoms with Crippen molar-refractivity contribution in [3.8, 4) is 11.3 Å². The number of hydrogen-bond donors (Lipinski definition) is 2. The Balaban J connectivity index is 2.71. The zero-order valence-electron chi connectivity index (χ0n) is 7.88. The monoisotopic (exact) mass is 256 g/mol. The average Bonchev–Trinajstić information content (AvgIpc) is 2.20. The predicted octanol–water partition coefficient (Wildman–Crippen LogP) is 2.04. The summed E-state index contributed by atoms with van der Waals surface area (Å²) in [6.07, 6.45) is 0. The highest BCUT2D eigenvalue weighted by molar-refractivity contribution is 6.35. The molecule has 0 aliphatic heterocycles. The molecule has 82 valence electrons. The smallest absolute Gasteiger partial charge is 0.307 e. The number of nitrogens with one attached hydrogen (secondary N) is 2. The van der Waals surface area contributed by atoms with Crippen molar-refractivity contribution in [2.24, 2.45) is 0 Å². The van der Waals surface area contributed by atoms with E-state index in [0.717, 1.165) is 0 Å². The van der Waals surface area contributed by atoms with E-state index in [0.29, 0.717) is 21.3 Å². The van der Waals surface area contributed by atoms with Crippen LogP contribution in [0.4, 0.5) is 0 Å². The molecule has 1 aromatic heterocycles. The largest absolute Gasteiger partial charge is 0.326 e. The highest BCUT2D eigenvalue weighted by Gasteiger charge is 2.06. The van der Waals surface area contributed by atoms with Crippen molar-refractivity contribution in [2.75, 3.05) is 0 Å². The molecule has 0 bridgehead atoms. The molecule has 0 saturated heterocycles. The first-order valence-corrected chi connectivity index (χ1v) is 5.11. The molecule has 1 heterocycles. The highest BCUT2D eigenvalue weighted by atomic mass is 35.5. The molecule has 0 fully saturated rings. The fourth-order valence-electron chi connectivity index (χ4n) is 1.32. The Bertz CT molecular complexity index is 618. The zero-order chi connectivity index (χ0) is 11.7. The number of aromatic nitrogens is 2. The van der Waals surface area contributed by atoms with Crippen molar-refractivity contribution in [3.63, 3.8) is 0 Å². The van der Waals surface area contributed by atoms with Crippen molar-refractivity contribution >= 4 is 23.2 Å². The van der Waals surface area contributed by atoms with Gasteiger partial charge >= 0.3 is 5.69 Å². The maximum Gasteiger partial charge on any atom is 0.326 e. The summed E-state index contributed by atoms with van der Waals surface area (Å²) in [5, 5.41) is 0.881. The Morgan fingerprint density at radius 1 is 1.00 bits per heavy atom. The summed E-state index contributed by atoms with van der Waals surface area (Å²) in [5.74, 6) is 0. The molecule has 0 amide bonds. The normalized spacial score (nSPS) is 10.4. The Kier molecular flexibility index (Phi) is 2.85. The molecule has 2 N–H and O–H groups in total. The summed E-state index contributed by atoms with van der Waals surface area (Å²) in [7, 11) is 0. The fraction of sp³-hybridized carbons (Fsp3) is 0. The molecule has 0 spiro atoms. The van der Waals surface area contributed by atoms with Gasteiger partial charge in [-0.3, -0.25) is 9.78 Å². The minimum Gasteiger partial charge on any atom is -0.307 e. The van der Waals surface area contributed by atoms with E-state index < -0.39 is 11.2 Å². The van der Waals surface area contributed by atoms with Gasteiger partial charge in [-0.25, -0.2) is 4.79 Å². The van der Waals surface area contributed by atoms with E-state index >= 15 is 0 Å². The van der Waals surface area contributed by atoms with E-state index in [9.17, 15) is 9.59 Å². The number of halogens is 2. The van der Waals surface area contributed by atoms with Crippen LogP contribution < -0.4 is 11.2 Å². The Morgan fingerprint density at radius 2 is 1.75 bits per heavy atom.